The molecular weight excluding hydrogens is 348 g/mol. The van der Waals surface area contributed by atoms with E-state index in [2.05, 4.69) is 52.8 Å². The molecule has 0 saturated carbocycles. The molecule has 1 atom stereocenters. The molecule has 28 heavy (non-hydrogen) atoms. The standard InChI is InChI=1S/C23H28N4O/c1-4-6-7-10-17(3)25-23-21(15-24-22(5-2)27-23)28-16-19-14-13-18-11-8-9-12-20(18)26-19/h5,8-9,11-15,17H,2,4,6-7,10,16H2,1,3H3,(H,24,25,27). The number of pyridine rings is 1. The Morgan fingerprint density at radius 1 is 1.14 bits per heavy atom. The summed E-state index contributed by atoms with van der Waals surface area (Å²) >= 11 is 0. The number of aromatic nitrogens is 3. The molecule has 2 aromatic heterocycles. The van der Waals surface area contributed by atoms with Crippen molar-refractivity contribution >= 4 is 22.8 Å². The third kappa shape index (κ3) is 5.28. The van der Waals surface area contributed by atoms with E-state index < -0.39 is 0 Å². The van der Waals surface area contributed by atoms with E-state index in [4.69, 9.17) is 4.74 Å². The number of nitrogens with one attached hydrogen (secondary N) is 1. The molecule has 0 amide bonds. The van der Waals surface area contributed by atoms with Crippen molar-refractivity contribution in [2.24, 2.45) is 0 Å². The van der Waals surface area contributed by atoms with Crippen molar-refractivity contribution < 1.29 is 4.74 Å². The molecule has 3 aromatic rings. The van der Waals surface area contributed by atoms with Gasteiger partial charge in [-0.15, -0.1) is 0 Å². The number of rotatable bonds is 10. The van der Waals surface area contributed by atoms with E-state index in [-0.39, 0.29) is 0 Å². The van der Waals surface area contributed by atoms with Crippen LogP contribution in [0.5, 0.6) is 5.75 Å². The van der Waals surface area contributed by atoms with Crippen LogP contribution in [0.4, 0.5) is 5.82 Å². The molecular formula is C23H28N4O. The second kappa shape index (κ2) is 9.83. The van der Waals surface area contributed by atoms with Gasteiger partial charge >= 0.3 is 0 Å². The molecule has 0 saturated heterocycles. The maximum Gasteiger partial charge on any atom is 0.180 e. The van der Waals surface area contributed by atoms with Crippen molar-refractivity contribution in [2.45, 2.75) is 52.2 Å². The van der Waals surface area contributed by atoms with Crippen LogP contribution in [0, 0.1) is 0 Å². The van der Waals surface area contributed by atoms with Gasteiger partial charge in [-0.1, -0.05) is 57.0 Å². The highest BCUT2D eigenvalue weighted by molar-refractivity contribution is 5.78. The van der Waals surface area contributed by atoms with Gasteiger partial charge in [0.25, 0.3) is 0 Å². The minimum atomic E-state index is 0.306. The van der Waals surface area contributed by atoms with Crippen molar-refractivity contribution in [2.75, 3.05) is 5.32 Å². The average Bonchev–Trinajstić information content (AvgIpc) is 2.72. The highest BCUT2D eigenvalue weighted by atomic mass is 16.5. The highest BCUT2D eigenvalue weighted by Crippen LogP contribution is 2.24. The van der Waals surface area contributed by atoms with Crippen LogP contribution in [-0.2, 0) is 6.61 Å². The van der Waals surface area contributed by atoms with Gasteiger partial charge in [0.1, 0.15) is 6.61 Å². The van der Waals surface area contributed by atoms with E-state index >= 15 is 0 Å². The number of hydrogen-bond acceptors (Lipinski definition) is 5. The van der Waals surface area contributed by atoms with Crippen molar-refractivity contribution in [3.63, 3.8) is 0 Å². The minimum absolute atomic E-state index is 0.306. The number of anilines is 1. The number of benzene rings is 1. The van der Waals surface area contributed by atoms with Gasteiger partial charge in [-0.3, -0.25) is 0 Å². The summed E-state index contributed by atoms with van der Waals surface area (Å²) in [5.74, 6) is 1.91. The summed E-state index contributed by atoms with van der Waals surface area (Å²) in [6.45, 7) is 8.50. The molecule has 0 aliphatic carbocycles. The van der Waals surface area contributed by atoms with Gasteiger partial charge in [0.15, 0.2) is 17.4 Å². The zero-order valence-corrected chi connectivity index (χ0v) is 16.7. The summed E-state index contributed by atoms with van der Waals surface area (Å²) in [4.78, 5) is 13.5. The van der Waals surface area contributed by atoms with Crippen molar-refractivity contribution in [3.8, 4) is 5.75 Å². The van der Waals surface area contributed by atoms with Gasteiger partial charge in [0.2, 0.25) is 0 Å². The normalized spacial score (nSPS) is 11.9. The molecule has 1 N–H and O–H groups in total. The summed E-state index contributed by atoms with van der Waals surface area (Å²) in [5, 5.41) is 4.58. The lowest BCUT2D eigenvalue weighted by molar-refractivity contribution is 0.300. The van der Waals surface area contributed by atoms with E-state index in [9.17, 15) is 0 Å². The van der Waals surface area contributed by atoms with E-state index in [0.29, 0.717) is 30.0 Å². The Balaban J connectivity index is 1.71. The summed E-state index contributed by atoms with van der Waals surface area (Å²) in [6.07, 6.45) is 8.08. The topological polar surface area (TPSA) is 59.9 Å². The predicted octanol–water partition coefficient (Wildman–Crippen LogP) is 5.63. The van der Waals surface area contributed by atoms with E-state index in [0.717, 1.165) is 23.0 Å². The lowest BCUT2D eigenvalue weighted by atomic mass is 10.1. The average molecular weight is 377 g/mol. The molecule has 5 heteroatoms. The fourth-order valence-electron chi connectivity index (χ4n) is 3.04. The molecule has 1 aromatic carbocycles. The molecule has 146 valence electrons. The Bertz CT molecular complexity index is 925. The molecule has 0 bridgehead atoms. The van der Waals surface area contributed by atoms with Crippen LogP contribution in [0.3, 0.4) is 0 Å². The molecule has 1 unspecified atom stereocenters. The SMILES string of the molecule is C=Cc1ncc(OCc2ccc3ccccc3n2)c(NC(C)CCCCC)n1. The molecule has 2 heterocycles. The lowest BCUT2D eigenvalue weighted by Crippen LogP contribution is -2.17. The van der Waals surface area contributed by atoms with Gasteiger partial charge in [-0.25, -0.2) is 15.0 Å². The smallest absolute Gasteiger partial charge is 0.180 e. The highest BCUT2D eigenvalue weighted by Gasteiger charge is 2.11. The number of unbranched alkanes of at least 4 members (excludes halogenated alkanes) is 2. The Kier molecular flexibility index (Phi) is 6.95. The summed E-state index contributed by atoms with van der Waals surface area (Å²) in [7, 11) is 0. The Labute approximate surface area is 166 Å². The van der Waals surface area contributed by atoms with Crippen molar-refractivity contribution in [1.29, 1.82) is 0 Å². The van der Waals surface area contributed by atoms with Gasteiger partial charge in [0, 0.05) is 11.4 Å². The molecule has 5 nitrogen and oxygen atoms in total. The number of nitrogens with zero attached hydrogens (tertiary/aromatic N) is 3. The Morgan fingerprint density at radius 3 is 2.82 bits per heavy atom. The quantitative estimate of drug-likeness (QED) is 0.465. The summed E-state index contributed by atoms with van der Waals surface area (Å²) < 4.78 is 6.01. The van der Waals surface area contributed by atoms with Crippen LogP contribution in [-0.4, -0.2) is 21.0 Å². The summed E-state index contributed by atoms with van der Waals surface area (Å²) in [5.41, 5.74) is 1.83. The van der Waals surface area contributed by atoms with E-state index in [1.165, 1.54) is 19.3 Å². The van der Waals surface area contributed by atoms with Crippen LogP contribution in [0.25, 0.3) is 17.0 Å². The van der Waals surface area contributed by atoms with Gasteiger partial charge in [0.05, 0.1) is 17.4 Å². The predicted molar refractivity (Wildman–Crippen MR) is 115 cm³/mol. The van der Waals surface area contributed by atoms with Gasteiger partial charge < -0.3 is 10.1 Å². The Hall–Kier alpha value is -2.95. The summed E-state index contributed by atoms with van der Waals surface area (Å²) in [6, 6.07) is 12.4. The fraction of sp³-hybridized carbons (Fsp3) is 0.348. The fourth-order valence-corrected chi connectivity index (χ4v) is 3.04. The van der Waals surface area contributed by atoms with Crippen LogP contribution in [0.1, 0.15) is 51.0 Å². The maximum atomic E-state index is 6.01. The molecule has 0 radical (unpaired) electrons. The number of hydrogen-bond donors (Lipinski definition) is 1. The van der Waals surface area contributed by atoms with Crippen LogP contribution < -0.4 is 10.1 Å². The van der Waals surface area contributed by atoms with Gasteiger partial charge in [-0.2, -0.15) is 0 Å². The second-order valence-electron chi connectivity index (χ2n) is 6.97. The minimum Gasteiger partial charge on any atom is -0.482 e. The van der Waals surface area contributed by atoms with Crippen molar-refractivity contribution in [3.05, 3.63) is 60.7 Å². The maximum absolute atomic E-state index is 6.01. The monoisotopic (exact) mass is 376 g/mol. The lowest BCUT2D eigenvalue weighted by Gasteiger charge is -2.17. The Morgan fingerprint density at radius 2 is 2.00 bits per heavy atom. The first-order valence-corrected chi connectivity index (χ1v) is 9.93. The molecule has 0 fully saturated rings. The number of ether oxygens (including phenoxy) is 1. The third-order valence-corrected chi connectivity index (χ3v) is 4.61. The molecule has 0 aliphatic heterocycles. The zero-order chi connectivity index (χ0) is 19.8. The first-order chi connectivity index (χ1) is 13.7. The zero-order valence-electron chi connectivity index (χ0n) is 16.7. The van der Waals surface area contributed by atoms with E-state index in [1.54, 1.807) is 12.3 Å². The molecule has 0 spiro atoms. The first kappa shape index (κ1) is 19.8. The van der Waals surface area contributed by atoms with Gasteiger partial charge in [-0.05, 0) is 31.6 Å². The largest absolute Gasteiger partial charge is 0.482 e. The number of para-hydroxylation sites is 1. The third-order valence-electron chi connectivity index (χ3n) is 4.61. The molecule has 3 rings (SSSR count). The van der Waals surface area contributed by atoms with Crippen molar-refractivity contribution in [1.82, 2.24) is 15.0 Å². The number of fused-ring (bicyclic) bond motifs is 1. The van der Waals surface area contributed by atoms with Crippen LogP contribution >= 0.6 is 0 Å². The van der Waals surface area contributed by atoms with Crippen LogP contribution in [0.2, 0.25) is 0 Å². The first-order valence-electron chi connectivity index (χ1n) is 9.93. The van der Waals surface area contributed by atoms with Crippen LogP contribution in [0.15, 0.2) is 49.2 Å². The van der Waals surface area contributed by atoms with E-state index in [1.807, 2.05) is 24.3 Å². The molecule has 0 aliphatic rings. The second-order valence-corrected chi connectivity index (χ2v) is 6.97.